The third-order valence-electron chi connectivity index (χ3n) is 20.3. The maximum atomic E-state index is 14.5. The molecule has 113 heavy (non-hydrogen) atoms. The molecular formula is C71H86BBrN6O33S. The standard InChI is InChI=1S/C71H86BBrN6O33S/c1-35-25-42-48(49(81)40-7-5-6-8-41(40)56(42)97-2)57-47(35)58-61-71(98-3,111-57)69(32-73,105-34-77(16-24-113(4,95)96)68(94)104-29-36-9-12-39(13-10-36)106-65-54(86)50(82)52(84)59(108-65)63(89)90)70(110-58,112-61)33-74-67(93)103-30-37-11-14-45(107-66-55(87)51(83)53(85)60(109-66)64(91)92)44(26-37)79-28-38(75-76-79)31-102-23-22-101-21-20-100-19-18-99-17-15-78-46(80)27-43(72)62(78)88/h9-14,25-26,28,43,50-55,58-61,65-66,81-87H,5-8,15-24,27,29-34H2,1-4H3,(H,74,93)(H,89,90)(H,91,92)/t43?,50-,51-,52-,53-,54+,55+,58?,59-,60-,61?,65+,66+,69+,70?,71+/m0/s1. The van der Waals surface area contributed by atoms with Gasteiger partial charge in [0.2, 0.25) is 35.8 Å². The average molecular weight is 1670 g/mol. The number of nitrogens with zero attached hydrogens (tertiary/aromatic N) is 5. The minimum atomic E-state index is -3.83. The van der Waals surface area contributed by atoms with E-state index in [9.17, 15) is 83.1 Å². The number of carbonyl (C=O) groups is 6. The van der Waals surface area contributed by atoms with Gasteiger partial charge in [-0.1, -0.05) is 39.3 Å². The van der Waals surface area contributed by atoms with Crippen LogP contribution in [-0.2, 0) is 119 Å². The highest BCUT2D eigenvalue weighted by atomic mass is 79.9. The zero-order valence-corrected chi connectivity index (χ0v) is 63.9. The topological polar surface area (TPSA) is 516 Å². The summed E-state index contributed by atoms with van der Waals surface area (Å²) in [6.07, 6.45) is -19.0. The number of likely N-dealkylation sites (tertiary alicyclic amines) is 1. The molecule has 4 amide bonds. The number of benzene rings is 4. The zero-order chi connectivity index (χ0) is 81.0. The maximum Gasteiger partial charge on any atom is 0.411 e. The molecule has 10 N–H and O–H groups in total. The first-order valence-corrected chi connectivity index (χ1v) is 39.1. The molecule has 1 aliphatic carbocycles. The number of aromatic nitrogens is 3. The van der Waals surface area contributed by atoms with Crippen molar-refractivity contribution in [3.05, 3.63) is 93.8 Å². The van der Waals surface area contributed by atoms with Gasteiger partial charge in [0.25, 0.3) is 5.79 Å². The average Bonchev–Trinajstić information content (AvgIpc) is 1.49. The van der Waals surface area contributed by atoms with Crippen LogP contribution >= 0.6 is 15.9 Å². The predicted molar refractivity (Wildman–Crippen MR) is 383 cm³/mol. The van der Waals surface area contributed by atoms with Gasteiger partial charge in [0.1, 0.15) is 113 Å². The number of fused-ring (bicyclic) bond motifs is 6. The number of aliphatic carboxylic acids is 2. The largest absolute Gasteiger partial charge is 0.507 e. The Morgan fingerprint density at radius 3 is 2.00 bits per heavy atom. The van der Waals surface area contributed by atoms with Crippen LogP contribution in [0.3, 0.4) is 0 Å². The number of aryl methyl sites for hydroxylation is 1. The Hall–Kier alpha value is -8.25. The van der Waals surface area contributed by atoms with E-state index < -0.39 is 175 Å². The van der Waals surface area contributed by atoms with Gasteiger partial charge in [-0.05, 0) is 79.6 Å². The summed E-state index contributed by atoms with van der Waals surface area (Å²) in [7, 11) is 4.64. The summed E-state index contributed by atoms with van der Waals surface area (Å²) in [6, 6.07) is 11.6. The number of phenolic OH excluding ortho intramolecular Hbond substituents is 1. The van der Waals surface area contributed by atoms with Crippen molar-refractivity contribution >= 4 is 80.3 Å². The lowest BCUT2D eigenvalue weighted by Crippen LogP contribution is -2.76. The number of amides is 4. The second-order valence-corrected chi connectivity index (χ2v) is 30.5. The Kier molecular flexibility index (Phi) is 26.4. The van der Waals surface area contributed by atoms with Gasteiger partial charge in [0.05, 0.1) is 98.2 Å². The van der Waals surface area contributed by atoms with Crippen LogP contribution in [0, 0.1) is 6.92 Å². The summed E-state index contributed by atoms with van der Waals surface area (Å²) in [5, 5.41) is 106. The van der Waals surface area contributed by atoms with Gasteiger partial charge >= 0.3 is 24.1 Å². The molecule has 4 aromatic carbocycles. The van der Waals surface area contributed by atoms with Crippen molar-refractivity contribution in [3.63, 3.8) is 0 Å². The van der Waals surface area contributed by atoms with Crippen molar-refractivity contribution in [3.8, 4) is 34.4 Å². The van der Waals surface area contributed by atoms with Crippen LogP contribution in [0.15, 0.2) is 54.7 Å². The Balaban J connectivity index is 0.763. The molecule has 7 heterocycles. The van der Waals surface area contributed by atoms with Gasteiger partial charge in [-0.3, -0.25) is 19.4 Å². The van der Waals surface area contributed by atoms with Gasteiger partial charge in [-0.25, -0.2) is 32.3 Å². The van der Waals surface area contributed by atoms with E-state index in [1.54, 1.807) is 6.92 Å². The van der Waals surface area contributed by atoms with E-state index >= 15 is 0 Å². The molecule has 2 bridgehead atoms. The highest BCUT2D eigenvalue weighted by Crippen LogP contribution is 2.68. The minimum absolute atomic E-state index is 0.000117. The van der Waals surface area contributed by atoms with Crippen LogP contribution in [0.2, 0.25) is 5.82 Å². The SMILES string of the molecule is [B]C1CC(=O)N(CCOCCOCCOCCOCc2cn(-c3cc(COC(=O)NCC45OC6c7c(C)cc8c(OC)c9c(c(O)c8c7O[C@](OC)(C6O4)[C@]5(CBr)OCN(CCS(C)(=O)=O)C(=O)OCc4ccc(O[C@@H]5O[C@H](C(=O)O)[C@@H](O)[C@H](O)[C@H]5O)cc4)CCCC9)ccc3O[C@@H]3O[C@H](C(=O)O)[C@@H](O)[C@H](O)[C@H]3O)nn2)C1=O. The van der Waals surface area contributed by atoms with Crippen LogP contribution in [0.25, 0.3) is 16.5 Å². The molecule has 42 heteroatoms. The van der Waals surface area contributed by atoms with E-state index in [2.05, 4.69) is 31.6 Å². The normalized spacial score (nSPS) is 28.3. The molecule has 614 valence electrons. The fourth-order valence-corrected chi connectivity index (χ4v) is 16.1. The lowest BCUT2D eigenvalue weighted by Gasteiger charge is -2.55. The second kappa shape index (κ2) is 35.5. The molecule has 1 aromatic heterocycles. The number of hydrogen-bond donors (Lipinski definition) is 10. The van der Waals surface area contributed by atoms with Gasteiger partial charge in [-0.15, -0.1) is 5.10 Å². The summed E-state index contributed by atoms with van der Waals surface area (Å²) in [6.45, 7) is 0.0556. The Morgan fingerprint density at radius 1 is 0.770 bits per heavy atom. The quantitative estimate of drug-likeness (QED) is 0.00814. The number of rotatable bonds is 36. The molecule has 7 aliphatic rings. The van der Waals surface area contributed by atoms with Crippen LogP contribution in [-0.4, -0.2) is 312 Å². The minimum Gasteiger partial charge on any atom is -0.507 e. The number of ether oxygens (including phenoxy) is 16. The number of sulfone groups is 1. The van der Waals surface area contributed by atoms with E-state index in [1.807, 2.05) is 6.07 Å². The molecule has 5 fully saturated rings. The van der Waals surface area contributed by atoms with E-state index in [1.165, 1.54) is 67.6 Å². The van der Waals surface area contributed by atoms with Crippen molar-refractivity contribution in [2.24, 2.45) is 0 Å². The van der Waals surface area contributed by atoms with Crippen molar-refractivity contribution in [2.75, 3.05) is 104 Å². The molecule has 5 saturated heterocycles. The van der Waals surface area contributed by atoms with Crippen LogP contribution in [0.1, 0.15) is 64.4 Å². The number of hydrogen-bond acceptors (Lipinski definition) is 33. The third-order valence-corrected chi connectivity index (χ3v) is 22.1. The van der Waals surface area contributed by atoms with E-state index in [0.717, 1.165) is 34.5 Å². The summed E-state index contributed by atoms with van der Waals surface area (Å²) < 4.78 is 124. The first-order chi connectivity index (χ1) is 54.0. The van der Waals surface area contributed by atoms with Gasteiger partial charge < -0.3 is 127 Å². The first kappa shape index (κ1) is 84.2. The highest BCUT2D eigenvalue weighted by Gasteiger charge is 2.86. The van der Waals surface area contributed by atoms with E-state index in [-0.39, 0.29) is 122 Å². The molecule has 4 unspecified atom stereocenters. The fraction of sp³-hybridized carbons (Fsp3) is 0.577. The van der Waals surface area contributed by atoms with Gasteiger partial charge in [-0.2, -0.15) is 0 Å². The van der Waals surface area contributed by atoms with Crippen LogP contribution in [0.4, 0.5) is 9.59 Å². The van der Waals surface area contributed by atoms with Gasteiger partial charge in [0.15, 0.2) is 18.3 Å². The number of alkyl halides is 1. The van der Waals surface area contributed by atoms with Gasteiger partial charge in [0, 0.05) is 59.6 Å². The number of aliphatic hydroxyl groups is 6. The number of halogens is 1. The Labute approximate surface area is 654 Å². The zero-order valence-electron chi connectivity index (χ0n) is 61.5. The molecule has 0 spiro atoms. The summed E-state index contributed by atoms with van der Waals surface area (Å²) in [5.74, 6) is -9.50. The summed E-state index contributed by atoms with van der Waals surface area (Å²) in [5.41, 5.74) is 1.21. The molecule has 2 radical (unpaired) electrons. The monoisotopic (exact) mass is 1670 g/mol. The predicted octanol–water partition coefficient (Wildman–Crippen LogP) is -0.235. The molecule has 0 saturated carbocycles. The fourth-order valence-electron chi connectivity index (χ4n) is 14.5. The summed E-state index contributed by atoms with van der Waals surface area (Å²) >= 11 is 3.64. The Bertz CT molecular complexity index is 4440. The number of nitrogens with one attached hydrogen (secondary N) is 1. The first-order valence-electron chi connectivity index (χ1n) is 35.9. The smallest absolute Gasteiger partial charge is 0.411 e. The number of imide groups is 1. The molecule has 39 nitrogen and oxygen atoms in total. The van der Waals surface area contributed by atoms with E-state index in [4.69, 9.17) is 83.6 Å². The number of carbonyl (C=O) groups excluding carboxylic acids is 4. The van der Waals surface area contributed by atoms with Crippen LogP contribution in [0.5, 0.6) is 28.7 Å². The highest BCUT2D eigenvalue weighted by molar-refractivity contribution is 9.09. The van der Waals surface area contributed by atoms with E-state index in [0.29, 0.717) is 46.2 Å². The molecule has 16 atom stereocenters. The van der Waals surface area contributed by atoms with Crippen molar-refractivity contribution in [2.45, 2.75) is 155 Å². The number of carboxylic acid groups (broad SMARTS) is 2. The molecular weight excluding hydrogens is 1590 g/mol. The van der Waals surface area contributed by atoms with Crippen molar-refractivity contribution in [1.82, 2.24) is 30.1 Å². The molecule has 5 aromatic rings. The number of carboxylic acids is 2. The number of methoxy groups -OCH3 is 2. The third kappa shape index (κ3) is 17.2. The molecule has 6 aliphatic heterocycles. The Morgan fingerprint density at radius 2 is 1.39 bits per heavy atom. The lowest BCUT2D eigenvalue weighted by molar-refractivity contribution is -0.360. The number of aromatic hydroxyl groups is 1. The van der Waals surface area contributed by atoms with Crippen molar-refractivity contribution in [1.29, 1.82) is 0 Å². The summed E-state index contributed by atoms with van der Waals surface area (Å²) in [4.78, 5) is 78.6. The van der Waals surface area contributed by atoms with Crippen LogP contribution < -0.4 is 24.3 Å². The maximum absolute atomic E-state index is 14.5. The number of aliphatic hydroxyl groups excluding tert-OH is 6. The van der Waals surface area contributed by atoms with Crippen molar-refractivity contribution < 1.29 is 159 Å². The number of alkyl carbamates (subject to hydrolysis) is 1. The lowest BCUT2D eigenvalue weighted by atomic mass is 9.76. The molecule has 12 rings (SSSR count). The second-order valence-electron chi connectivity index (χ2n) is 27.7. The number of phenols is 1.